The summed E-state index contributed by atoms with van der Waals surface area (Å²) in [5, 5.41) is 4.74. The first-order valence-electron chi connectivity index (χ1n) is 7.36. The van der Waals surface area contributed by atoms with Crippen molar-refractivity contribution in [2.24, 2.45) is 0 Å². The molecule has 0 aliphatic heterocycles. The zero-order chi connectivity index (χ0) is 16.3. The minimum Gasteiger partial charge on any atom is -0.481 e. The molecule has 0 saturated heterocycles. The summed E-state index contributed by atoms with van der Waals surface area (Å²) < 4.78 is 5.65. The van der Waals surface area contributed by atoms with Crippen LogP contribution in [0.15, 0.2) is 54.4 Å². The largest absolute Gasteiger partial charge is 0.481 e. The number of thiophene rings is 1. The van der Waals surface area contributed by atoms with Gasteiger partial charge < -0.3 is 10.1 Å². The average molecular weight is 325 g/mol. The molecule has 1 N–H and O–H groups in total. The van der Waals surface area contributed by atoms with E-state index in [0.717, 1.165) is 22.6 Å². The Morgan fingerprint density at radius 1 is 1.26 bits per heavy atom. The van der Waals surface area contributed by atoms with E-state index in [1.807, 2.05) is 47.9 Å². The van der Waals surface area contributed by atoms with Crippen LogP contribution in [0, 0.1) is 11.8 Å². The predicted octanol–water partition coefficient (Wildman–Crippen LogP) is 3.22. The van der Waals surface area contributed by atoms with Gasteiger partial charge in [-0.15, -0.1) is 17.9 Å². The van der Waals surface area contributed by atoms with Gasteiger partial charge in [-0.3, -0.25) is 4.79 Å². The lowest BCUT2D eigenvalue weighted by atomic mass is 10.1. The fourth-order valence-corrected chi connectivity index (χ4v) is 2.68. The van der Waals surface area contributed by atoms with Gasteiger partial charge in [0.2, 0.25) is 5.91 Å². The number of rotatable bonds is 7. The molecule has 0 spiro atoms. The number of ether oxygens (including phenoxy) is 1. The summed E-state index contributed by atoms with van der Waals surface area (Å²) in [5.74, 6) is 6.61. The van der Waals surface area contributed by atoms with Gasteiger partial charge in [-0.2, -0.15) is 0 Å². The molecule has 0 aliphatic carbocycles. The molecule has 0 radical (unpaired) electrons. The zero-order valence-corrected chi connectivity index (χ0v) is 13.7. The molecule has 1 amide bonds. The van der Waals surface area contributed by atoms with Crippen LogP contribution in [-0.2, 0) is 17.6 Å². The maximum absolute atomic E-state index is 11.7. The monoisotopic (exact) mass is 325 g/mol. The Kier molecular flexibility index (Phi) is 6.96. The van der Waals surface area contributed by atoms with E-state index >= 15 is 0 Å². The smallest absolute Gasteiger partial charge is 0.226 e. The van der Waals surface area contributed by atoms with E-state index in [4.69, 9.17) is 4.74 Å². The first-order valence-corrected chi connectivity index (χ1v) is 8.24. The van der Waals surface area contributed by atoms with E-state index in [0.29, 0.717) is 19.6 Å². The second-order valence-electron chi connectivity index (χ2n) is 4.78. The molecule has 0 unspecified atom stereocenters. The minimum absolute atomic E-state index is 0.0148. The quantitative estimate of drug-likeness (QED) is 0.627. The summed E-state index contributed by atoms with van der Waals surface area (Å²) in [4.78, 5) is 12.7. The highest BCUT2D eigenvalue weighted by molar-refractivity contribution is 7.10. The van der Waals surface area contributed by atoms with Crippen molar-refractivity contribution in [3.05, 3.63) is 64.9 Å². The number of hydrogen-bond donors (Lipinski definition) is 1. The standard InChI is InChI=1S/C19H19NO2S/c1-2-8-16-9-3-4-11-18(16)22-13-6-5-12-20-19(21)15-17-10-7-14-23-17/h2-4,7,9-11,14H,1,8,12-13,15H2,(H,20,21). The summed E-state index contributed by atoms with van der Waals surface area (Å²) in [6, 6.07) is 11.7. The molecule has 0 fully saturated rings. The zero-order valence-electron chi connectivity index (χ0n) is 12.9. The van der Waals surface area contributed by atoms with E-state index in [1.165, 1.54) is 0 Å². The van der Waals surface area contributed by atoms with E-state index in [9.17, 15) is 4.79 Å². The van der Waals surface area contributed by atoms with Crippen molar-refractivity contribution in [3.63, 3.8) is 0 Å². The maximum atomic E-state index is 11.7. The molecular formula is C19H19NO2S. The number of carbonyl (C=O) groups is 1. The summed E-state index contributed by atoms with van der Waals surface area (Å²) in [7, 11) is 0. The van der Waals surface area contributed by atoms with Gasteiger partial charge in [0.25, 0.3) is 0 Å². The highest BCUT2D eigenvalue weighted by atomic mass is 32.1. The van der Waals surface area contributed by atoms with Gasteiger partial charge in [0.1, 0.15) is 12.4 Å². The van der Waals surface area contributed by atoms with E-state index in [-0.39, 0.29) is 5.91 Å². The Hall–Kier alpha value is -2.51. The summed E-state index contributed by atoms with van der Waals surface area (Å²) in [5.41, 5.74) is 1.09. The van der Waals surface area contributed by atoms with Crippen LogP contribution in [0.25, 0.3) is 0 Å². The van der Waals surface area contributed by atoms with E-state index in [1.54, 1.807) is 11.3 Å². The van der Waals surface area contributed by atoms with Gasteiger partial charge >= 0.3 is 0 Å². The molecule has 0 bridgehead atoms. The Balaban J connectivity index is 1.70. The molecule has 23 heavy (non-hydrogen) atoms. The lowest BCUT2D eigenvalue weighted by Gasteiger charge is -2.07. The van der Waals surface area contributed by atoms with Gasteiger partial charge in [-0.1, -0.05) is 42.2 Å². The molecule has 0 atom stereocenters. The van der Waals surface area contributed by atoms with Gasteiger partial charge in [-0.25, -0.2) is 0 Å². The fraction of sp³-hybridized carbons (Fsp3) is 0.211. The number of benzene rings is 1. The third-order valence-electron chi connectivity index (χ3n) is 3.05. The molecule has 118 valence electrons. The third-order valence-corrected chi connectivity index (χ3v) is 3.93. The normalized spacial score (nSPS) is 9.57. The van der Waals surface area contributed by atoms with Crippen LogP contribution in [0.1, 0.15) is 10.4 Å². The van der Waals surface area contributed by atoms with Gasteiger partial charge in [0.15, 0.2) is 0 Å². The number of carbonyl (C=O) groups excluding carboxylic acids is 1. The van der Waals surface area contributed by atoms with E-state index < -0.39 is 0 Å². The first-order chi connectivity index (χ1) is 11.3. The number of amides is 1. The highest BCUT2D eigenvalue weighted by Gasteiger charge is 2.02. The molecule has 1 aromatic carbocycles. The van der Waals surface area contributed by atoms with Crippen molar-refractivity contribution in [1.29, 1.82) is 0 Å². The van der Waals surface area contributed by atoms with Crippen molar-refractivity contribution in [2.45, 2.75) is 12.8 Å². The Labute approximate surface area is 141 Å². The Morgan fingerprint density at radius 2 is 2.13 bits per heavy atom. The molecule has 0 aliphatic rings. The molecule has 2 aromatic rings. The van der Waals surface area contributed by atoms with Crippen molar-refractivity contribution < 1.29 is 9.53 Å². The molecule has 1 aromatic heterocycles. The molecular weight excluding hydrogens is 306 g/mol. The molecule has 3 nitrogen and oxygen atoms in total. The summed E-state index contributed by atoms with van der Waals surface area (Å²) in [6.45, 7) is 4.37. The van der Waals surface area contributed by atoms with Crippen LogP contribution >= 0.6 is 11.3 Å². The van der Waals surface area contributed by atoms with Gasteiger partial charge in [0.05, 0.1) is 13.0 Å². The molecule has 0 saturated carbocycles. The Morgan fingerprint density at radius 3 is 2.91 bits per heavy atom. The van der Waals surface area contributed by atoms with Crippen LogP contribution in [0.2, 0.25) is 0 Å². The summed E-state index contributed by atoms with van der Waals surface area (Å²) in [6.07, 6.45) is 3.02. The maximum Gasteiger partial charge on any atom is 0.226 e. The topological polar surface area (TPSA) is 38.3 Å². The minimum atomic E-state index is -0.0148. The lowest BCUT2D eigenvalue weighted by Crippen LogP contribution is -2.25. The number of hydrogen-bond acceptors (Lipinski definition) is 3. The van der Waals surface area contributed by atoms with Crippen LogP contribution in [-0.4, -0.2) is 19.1 Å². The number of para-hydroxylation sites is 1. The number of nitrogens with one attached hydrogen (secondary N) is 1. The van der Waals surface area contributed by atoms with Gasteiger partial charge in [-0.05, 0) is 29.5 Å². The van der Waals surface area contributed by atoms with Crippen LogP contribution in [0.5, 0.6) is 5.75 Å². The average Bonchev–Trinajstić information content (AvgIpc) is 3.05. The second kappa shape index (κ2) is 9.50. The van der Waals surface area contributed by atoms with Crippen LogP contribution in [0.3, 0.4) is 0 Å². The van der Waals surface area contributed by atoms with Crippen molar-refractivity contribution >= 4 is 17.2 Å². The van der Waals surface area contributed by atoms with Gasteiger partial charge in [0, 0.05) is 4.88 Å². The van der Waals surface area contributed by atoms with Crippen molar-refractivity contribution in [1.82, 2.24) is 5.32 Å². The fourth-order valence-electron chi connectivity index (χ4n) is 1.97. The SMILES string of the molecule is C=CCc1ccccc1OCC#CCNC(=O)Cc1cccs1. The molecule has 2 rings (SSSR count). The highest BCUT2D eigenvalue weighted by Crippen LogP contribution is 2.18. The first kappa shape index (κ1) is 16.9. The van der Waals surface area contributed by atoms with Crippen molar-refractivity contribution in [2.75, 3.05) is 13.2 Å². The predicted molar refractivity (Wildman–Crippen MR) is 94.6 cm³/mol. The number of allylic oxidation sites excluding steroid dienone is 1. The van der Waals surface area contributed by atoms with Crippen LogP contribution < -0.4 is 10.1 Å². The molecule has 1 heterocycles. The lowest BCUT2D eigenvalue weighted by molar-refractivity contribution is -0.120. The van der Waals surface area contributed by atoms with Crippen LogP contribution in [0.4, 0.5) is 0 Å². The third kappa shape index (κ3) is 6.01. The van der Waals surface area contributed by atoms with Crippen molar-refractivity contribution in [3.8, 4) is 17.6 Å². The second-order valence-corrected chi connectivity index (χ2v) is 5.81. The Bertz CT molecular complexity index is 696. The molecule has 4 heteroatoms. The van der Waals surface area contributed by atoms with E-state index in [2.05, 4.69) is 23.7 Å². The summed E-state index contributed by atoms with van der Waals surface area (Å²) >= 11 is 1.58.